The van der Waals surface area contributed by atoms with Gasteiger partial charge in [0.1, 0.15) is 0 Å². The highest BCUT2D eigenvalue weighted by atomic mass is 32.2. The first-order valence-electron chi connectivity index (χ1n) is 6.58. The Kier molecular flexibility index (Phi) is 5.10. The summed E-state index contributed by atoms with van der Waals surface area (Å²) in [6, 6.07) is 10.6. The van der Waals surface area contributed by atoms with Gasteiger partial charge in [-0.1, -0.05) is 37.3 Å². The molecule has 2 rings (SSSR count). The number of hydrogen-bond acceptors (Lipinski definition) is 3. The van der Waals surface area contributed by atoms with Gasteiger partial charge in [-0.15, -0.1) is 0 Å². The summed E-state index contributed by atoms with van der Waals surface area (Å²) in [5.41, 5.74) is 1.46. The summed E-state index contributed by atoms with van der Waals surface area (Å²) in [7, 11) is 0. The van der Waals surface area contributed by atoms with Crippen LogP contribution < -0.4 is 0 Å². The number of benzene rings is 1. The molecule has 1 unspecified atom stereocenters. The molecular weight excluding hydrogens is 244 g/mol. The molecule has 2 nitrogen and oxygen atoms in total. The molecule has 100 valence electrons. The van der Waals surface area contributed by atoms with Crippen LogP contribution in [0.4, 0.5) is 0 Å². The number of ether oxygens (including phenoxy) is 1. The largest absolute Gasteiger partial charge is 0.396 e. The summed E-state index contributed by atoms with van der Waals surface area (Å²) >= 11 is 1.96. The summed E-state index contributed by atoms with van der Waals surface area (Å²) in [5.74, 6) is 1.01. The van der Waals surface area contributed by atoms with Gasteiger partial charge in [0.15, 0.2) is 0 Å². The third-order valence-electron chi connectivity index (χ3n) is 3.51. The Hall–Kier alpha value is -0.510. The van der Waals surface area contributed by atoms with Crippen LogP contribution in [0.5, 0.6) is 0 Å². The molecule has 0 aliphatic carbocycles. The fraction of sp³-hybridized carbons (Fsp3) is 0.600. The number of aliphatic hydroxyl groups is 1. The zero-order valence-electron chi connectivity index (χ0n) is 11.0. The second-order valence-electron chi connectivity index (χ2n) is 5.30. The molecule has 1 aliphatic rings. The number of thioether (sulfide) groups is 1. The number of rotatable bonds is 7. The summed E-state index contributed by atoms with van der Waals surface area (Å²) in [5, 5.41) is 10.00. The van der Waals surface area contributed by atoms with Crippen molar-refractivity contribution in [1.29, 1.82) is 0 Å². The Labute approximate surface area is 114 Å². The average molecular weight is 266 g/mol. The van der Waals surface area contributed by atoms with Gasteiger partial charge in [-0.3, -0.25) is 0 Å². The minimum atomic E-state index is 0.0473. The zero-order valence-corrected chi connectivity index (χ0v) is 11.8. The molecule has 1 saturated heterocycles. The molecule has 3 heteroatoms. The van der Waals surface area contributed by atoms with Gasteiger partial charge in [-0.2, -0.15) is 11.8 Å². The lowest BCUT2D eigenvalue weighted by molar-refractivity contribution is -0.121. The highest BCUT2D eigenvalue weighted by Crippen LogP contribution is 2.33. The topological polar surface area (TPSA) is 29.5 Å². The van der Waals surface area contributed by atoms with Crippen LogP contribution in [0.15, 0.2) is 30.3 Å². The van der Waals surface area contributed by atoms with Gasteiger partial charge in [0.2, 0.25) is 0 Å². The van der Waals surface area contributed by atoms with Gasteiger partial charge in [0, 0.05) is 16.4 Å². The van der Waals surface area contributed by atoms with E-state index in [0.29, 0.717) is 5.25 Å². The molecule has 0 amide bonds. The molecule has 0 saturated carbocycles. The molecule has 0 radical (unpaired) electrons. The molecule has 1 aliphatic heterocycles. The lowest BCUT2D eigenvalue weighted by Crippen LogP contribution is -2.47. The van der Waals surface area contributed by atoms with Crippen molar-refractivity contribution in [2.24, 2.45) is 5.41 Å². The van der Waals surface area contributed by atoms with E-state index in [1.165, 1.54) is 12.0 Å². The Morgan fingerprint density at radius 3 is 2.61 bits per heavy atom. The van der Waals surface area contributed by atoms with Crippen LogP contribution in [-0.4, -0.2) is 35.9 Å². The fourth-order valence-electron chi connectivity index (χ4n) is 2.03. The first-order chi connectivity index (χ1) is 8.74. The van der Waals surface area contributed by atoms with Crippen LogP contribution >= 0.6 is 11.8 Å². The highest BCUT2D eigenvalue weighted by molar-refractivity contribution is 7.99. The van der Waals surface area contributed by atoms with Crippen LogP contribution in [0.25, 0.3) is 0 Å². The average Bonchev–Trinajstić information content (AvgIpc) is 2.37. The van der Waals surface area contributed by atoms with Crippen molar-refractivity contribution in [3.05, 3.63) is 35.9 Å². The van der Waals surface area contributed by atoms with Crippen molar-refractivity contribution >= 4 is 11.8 Å². The summed E-state index contributed by atoms with van der Waals surface area (Å²) in [6.07, 6.45) is 2.33. The first kappa shape index (κ1) is 13.9. The molecule has 1 fully saturated rings. The Balaban J connectivity index is 1.67. The summed E-state index contributed by atoms with van der Waals surface area (Å²) < 4.78 is 5.22. The molecule has 0 aromatic heterocycles. The standard InChI is InChI=1S/C15H22O2S/c1-13(7-8-14-5-3-2-4-6-14)18-12-15(9-16)10-17-11-15/h2-6,13,16H,7-12H2,1H3. The molecule has 1 heterocycles. The van der Waals surface area contributed by atoms with Gasteiger partial charge in [0.05, 0.1) is 19.8 Å². The predicted octanol–water partition coefficient (Wildman–Crippen LogP) is 2.75. The van der Waals surface area contributed by atoms with Gasteiger partial charge >= 0.3 is 0 Å². The minimum absolute atomic E-state index is 0.0473. The second kappa shape index (κ2) is 6.60. The fourth-order valence-corrected chi connectivity index (χ4v) is 3.21. The molecule has 1 aromatic rings. The highest BCUT2D eigenvalue weighted by Gasteiger charge is 2.38. The van der Waals surface area contributed by atoms with Gasteiger partial charge in [0.25, 0.3) is 0 Å². The molecule has 0 spiro atoms. The number of hydrogen-bond donors (Lipinski definition) is 1. The SMILES string of the molecule is CC(CCc1ccccc1)SCC1(CO)COC1. The Bertz CT molecular complexity index is 343. The maximum Gasteiger partial charge on any atom is 0.0575 e. The monoisotopic (exact) mass is 266 g/mol. The van der Waals surface area contributed by atoms with E-state index >= 15 is 0 Å². The van der Waals surface area contributed by atoms with E-state index in [1.807, 2.05) is 11.8 Å². The third kappa shape index (κ3) is 3.74. The summed E-state index contributed by atoms with van der Waals surface area (Å²) in [4.78, 5) is 0. The Morgan fingerprint density at radius 1 is 1.33 bits per heavy atom. The maximum atomic E-state index is 9.36. The van der Waals surface area contributed by atoms with E-state index in [-0.39, 0.29) is 12.0 Å². The Morgan fingerprint density at radius 2 is 2.06 bits per heavy atom. The molecule has 1 aromatic carbocycles. The van der Waals surface area contributed by atoms with Gasteiger partial charge in [-0.25, -0.2) is 0 Å². The van der Waals surface area contributed by atoms with E-state index in [4.69, 9.17) is 4.74 Å². The van der Waals surface area contributed by atoms with Crippen molar-refractivity contribution in [2.75, 3.05) is 25.6 Å². The van der Waals surface area contributed by atoms with Gasteiger partial charge < -0.3 is 9.84 Å². The van der Waals surface area contributed by atoms with E-state index in [0.717, 1.165) is 25.4 Å². The van der Waals surface area contributed by atoms with Crippen LogP contribution in [-0.2, 0) is 11.2 Å². The molecular formula is C15H22O2S. The van der Waals surface area contributed by atoms with Gasteiger partial charge in [-0.05, 0) is 18.4 Å². The lowest BCUT2D eigenvalue weighted by Gasteiger charge is -2.40. The maximum absolute atomic E-state index is 9.36. The summed E-state index contributed by atoms with van der Waals surface area (Å²) in [6.45, 7) is 3.98. The quantitative estimate of drug-likeness (QED) is 0.823. The minimum Gasteiger partial charge on any atom is -0.396 e. The first-order valence-corrected chi connectivity index (χ1v) is 7.63. The van der Waals surface area contributed by atoms with Crippen molar-refractivity contribution < 1.29 is 9.84 Å². The lowest BCUT2D eigenvalue weighted by atomic mass is 9.90. The van der Waals surface area contributed by atoms with Crippen LogP contribution in [0.3, 0.4) is 0 Å². The number of aliphatic hydroxyl groups excluding tert-OH is 1. The van der Waals surface area contributed by atoms with Crippen molar-refractivity contribution in [3.63, 3.8) is 0 Å². The molecule has 1 atom stereocenters. The zero-order chi connectivity index (χ0) is 12.8. The predicted molar refractivity (Wildman–Crippen MR) is 77.0 cm³/mol. The van der Waals surface area contributed by atoms with Crippen LogP contribution in [0.2, 0.25) is 0 Å². The normalized spacial score (nSPS) is 19.2. The van der Waals surface area contributed by atoms with E-state index in [1.54, 1.807) is 0 Å². The van der Waals surface area contributed by atoms with Crippen LogP contribution in [0.1, 0.15) is 18.9 Å². The molecule has 1 N–H and O–H groups in total. The van der Waals surface area contributed by atoms with E-state index in [2.05, 4.69) is 37.3 Å². The molecule has 0 bridgehead atoms. The van der Waals surface area contributed by atoms with Crippen molar-refractivity contribution in [3.8, 4) is 0 Å². The second-order valence-corrected chi connectivity index (χ2v) is 6.72. The van der Waals surface area contributed by atoms with Crippen molar-refractivity contribution in [1.82, 2.24) is 0 Å². The van der Waals surface area contributed by atoms with Crippen molar-refractivity contribution in [2.45, 2.75) is 25.0 Å². The molecule has 18 heavy (non-hydrogen) atoms. The van der Waals surface area contributed by atoms with E-state index in [9.17, 15) is 5.11 Å². The number of aryl methyl sites for hydroxylation is 1. The van der Waals surface area contributed by atoms with E-state index < -0.39 is 0 Å². The van der Waals surface area contributed by atoms with Crippen LogP contribution in [0, 0.1) is 5.41 Å². The smallest absolute Gasteiger partial charge is 0.0575 e. The third-order valence-corrected chi connectivity index (χ3v) is 5.09.